The molecule has 0 saturated heterocycles. The molecule has 0 aromatic carbocycles. The predicted octanol–water partition coefficient (Wildman–Crippen LogP) is 1.26. The van der Waals surface area contributed by atoms with Gasteiger partial charge in [0.15, 0.2) is 0 Å². The van der Waals surface area contributed by atoms with E-state index in [-0.39, 0.29) is 11.9 Å². The Bertz CT molecular complexity index is 305. The van der Waals surface area contributed by atoms with Crippen LogP contribution >= 0.6 is 0 Å². The molecule has 2 N–H and O–H groups in total. The maximum Gasteiger partial charge on any atom is 0.327 e. The molecule has 0 aromatic rings. The van der Waals surface area contributed by atoms with E-state index in [1.165, 1.54) is 0 Å². The van der Waals surface area contributed by atoms with Gasteiger partial charge in [0.05, 0.1) is 13.2 Å². The Balaban J connectivity index is 2.71. The van der Waals surface area contributed by atoms with Gasteiger partial charge in [0.25, 0.3) is 0 Å². The minimum Gasteiger partial charge on any atom is -0.465 e. The first-order chi connectivity index (χ1) is 9.43. The third-order valence-electron chi connectivity index (χ3n) is 3.68. The van der Waals surface area contributed by atoms with Crippen molar-refractivity contribution in [2.45, 2.75) is 39.2 Å². The van der Waals surface area contributed by atoms with Gasteiger partial charge in [-0.25, -0.2) is 4.79 Å². The molecular weight excluding hydrogens is 256 g/mol. The van der Waals surface area contributed by atoms with Crippen LogP contribution in [0.15, 0.2) is 0 Å². The fourth-order valence-corrected chi connectivity index (χ4v) is 2.57. The fraction of sp³-hybridized carbons (Fsp3) is 0.933. The van der Waals surface area contributed by atoms with Crippen LogP contribution in [0.1, 0.15) is 33.6 Å². The van der Waals surface area contributed by atoms with E-state index in [2.05, 4.69) is 18.7 Å². The van der Waals surface area contributed by atoms with E-state index in [1.807, 2.05) is 6.92 Å². The van der Waals surface area contributed by atoms with Crippen LogP contribution in [-0.4, -0.2) is 56.4 Å². The monoisotopic (exact) mass is 286 g/mol. The first kappa shape index (κ1) is 17.4. The summed E-state index contributed by atoms with van der Waals surface area (Å²) in [7, 11) is 1.69. The molecule has 0 aliphatic heterocycles. The van der Waals surface area contributed by atoms with E-state index in [9.17, 15) is 4.79 Å². The highest BCUT2D eigenvalue weighted by molar-refractivity contribution is 5.82. The van der Waals surface area contributed by atoms with Crippen molar-refractivity contribution in [2.75, 3.05) is 40.0 Å². The van der Waals surface area contributed by atoms with E-state index < -0.39 is 5.54 Å². The van der Waals surface area contributed by atoms with Crippen molar-refractivity contribution in [3.8, 4) is 0 Å². The molecule has 1 rings (SSSR count). The second kappa shape index (κ2) is 7.96. The Hall–Kier alpha value is -0.650. The molecule has 0 aromatic heterocycles. The Labute approximate surface area is 122 Å². The third-order valence-corrected chi connectivity index (χ3v) is 3.68. The summed E-state index contributed by atoms with van der Waals surface area (Å²) in [6.45, 7) is 9.44. The molecule has 0 spiro atoms. The van der Waals surface area contributed by atoms with Gasteiger partial charge >= 0.3 is 5.97 Å². The molecule has 20 heavy (non-hydrogen) atoms. The van der Waals surface area contributed by atoms with Crippen molar-refractivity contribution in [2.24, 2.45) is 17.6 Å². The summed E-state index contributed by atoms with van der Waals surface area (Å²) in [5.41, 5.74) is 5.56. The van der Waals surface area contributed by atoms with Crippen molar-refractivity contribution < 1.29 is 14.3 Å². The van der Waals surface area contributed by atoms with Gasteiger partial charge in [-0.1, -0.05) is 13.8 Å². The molecule has 1 aliphatic rings. The summed E-state index contributed by atoms with van der Waals surface area (Å²) >= 11 is 0. The normalized spacial score (nSPS) is 18.4. The van der Waals surface area contributed by atoms with Gasteiger partial charge in [0.1, 0.15) is 5.54 Å². The smallest absolute Gasteiger partial charge is 0.327 e. The summed E-state index contributed by atoms with van der Waals surface area (Å²) in [6, 6.07) is 0. The van der Waals surface area contributed by atoms with Gasteiger partial charge in [-0.05, 0) is 31.6 Å². The van der Waals surface area contributed by atoms with Crippen LogP contribution in [0.3, 0.4) is 0 Å². The summed E-state index contributed by atoms with van der Waals surface area (Å²) in [4.78, 5) is 14.5. The standard InChI is InChI=1S/C15H30N2O3/c1-5-20-14(18)15(16,13-6-7-13)11-17(8-9-19-4)10-12(2)3/h12-13H,5-11,16H2,1-4H3. The van der Waals surface area contributed by atoms with Gasteiger partial charge in [-0.3, -0.25) is 4.90 Å². The third kappa shape index (κ3) is 5.04. The molecule has 1 aliphatic carbocycles. The maximum atomic E-state index is 12.2. The van der Waals surface area contributed by atoms with Gasteiger partial charge in [0, 0.05) is 26.7 Å². The SMILES string of the molecule is CCOC(=O)C(N)(CN(CCOC)CC(C)C)C1CC1. The van der Waals surface area contributed by atoms with Crippen LogP contribution in [0.4, 0.5) is 0 Å². The van der Waals surface area contributed by atoms with Crippen LogP contribution in [0, 0.1) is 11.8 Å². The van der Waals surface area contributed by atoms with Crippen LogP contribution < -0.4 is 5.73 Å². The Morgan fingerprint density at radius 1 is 1.45 bits per heavy atom. The zero-order valence-corrected chi connectivity index (χ0v) is 13.4. The number of esters is 1. The average Bonchev–Trinajstić information content (AvgIpc) is 3.19. The highest BCUT2D eigenvalue weighted by Gasteiger charge is 2.50. The summed E-state index contributed by atoms with van der Waals surface area (Å²) in [6.07, 6.45) is 2.05. The van der Waals surface area contributed by atoms with Crippen molar-refractivity contribution in [1.29, 1.82) is 0 Å². The number of nitrogens with two attached hydrogens (primary N) is 1. The number of hydrogen-bond acceptors (Lipinski definition) is 5. The van der Waals surface area contributed by atoms with E-state index >= 15 is 0 Å². The number of carbonyl (C=O) groups excluding carboxylic acids is 1. The van der Waals surface area contributed by atoms with Crippen LogP contribution in [0.2, 0.25) is 0 Å². The topological polar surface area (TPSA) is 64.8 Å². The zero-order chi connectivity index (χ0) is 15.2. The molecule has 1 fully saturated rings. The highest BCUT2D eigenvalue weighted by atomic mass is 16.5. The molecule has 1 saturated carbocycles. The predicted molar refractivity (Wildman–Crippen MR) is 79.4 cm³/mol. The Morgan fingerprint density at radius 3 is 2.55 bits per heavy atom. The van der Waals surface area contributed by atoms with Crippen LogP contribution in [0.25, 0.3) is 0 Å². The fourth-order valence-electron chi connectivity index (χ4n) is 2.57. The minimum absolute atomic E-state index is 0.256. The van der Waals surface area contributed by atoms with Crippen LogP contribution in [0.5, 0.6) is 0 Å². The quantitative estimate of drug-likeness (QED) is 0.613. The Morgan fingerprint density at radius 2 is 2.10 bits per heavy atom. The summed E-state index contributed by atoms with van der Waals surface area (Å²) in [5.74, 6) is 0.532. The number of methoxy groups -OCH3 is 1. The number of rotatable bonds is 10. The van der Waals surface area contributed by atoms with Crippen molar-refractivity contribution >= 4 is 5.97 Å². The van der Waals surface area contributed by atoms with E-state index in [4.69, 9.17) is 15.2 Å². The van der Waals surface area contributed by atoms with Crippen LogP contribution in [-0.2, 0) is 14.3 Å². The molecule has 1 atom stereocenters. The lowest BCUT2D eigenvalue weighted by Gasteiger charge is -2.34. The molecule has 0 bridgehead atoms. The van der Waals surface area contributed by atoms with Crippen molar-refractivity contribution in [3.05, 3.63) is 0 Å². The average molecular weight is 286 g/mol. The van der Waals surface area contributed by atoms with Crippen molar-refractivity contribution in [3.63, 3.8) is 0 Å². The molecule has 0 heterocycles. The van der Waals surface area contributed by atoms with E-state index in [0.29, 0.717) is 25.7 Å². The lowest BCUT2D eigenvalue weighted by molar-refractivity contribution is -0.151. The molecule has 1 unspecified atom stereocenters. The van der Waals surface area contributed by atoms with Gasteiger partial charge < -0.3 is 15.2 Å². The maximum absolute atomic E-state index is 12.2. The number of ether oxygens (including phenoxy) is 2. The van der Waals surface area contributed by atoms with E-state index in [1.54, 1.807) is 7.11 Å². The molecule has 118 valence electrons. The first-order valence-electron chi connectivity index (χ1n) is 7.61. The van der Waals surface area contributed by atoms with Crippen molar-refractivity contribution in [1.82, 2.24) is 4.90 Å². The summed E-state index contributed by atoms with van der Waals surface area (Å²) in [5, 5.41) is 0. The van der Waals surface area contributed by atoms with Gasteiger partial charge in [0.2, 0.25) is 0 Å². The minimum atomic E-state index is -0.862. The Kier molecular flexibility index (Phi) is 6.92. The lowest BCUT2D eigenvalue weighted by Crippen LogP contribution is -2.59. The molecule has 5 heteroatoms. The molecular formula is C15H30N2O3. The zero-order valence-electron chi connectivity index (χ0n) is 13.4. The second-order valence-corrected chi connectivity index (χ2v) is 6.16. The molecule has 0 amide bonds. The second-order valence-electron chi connectivity index (χ2n) is 6.16. The molecule has 5 nitrogen and oxygen atoms in total. The highest BCUT2D eigenvalue weighted by Crippen LogP contribution is 2.39. The largest absolute Gasteiger partial charge is 0.465 e. The lowest BCUT2D eigenvalue weighted by atomic mass is 9.93. The van der Waals surface area contributed by atoms with Gasteiger partial charge in [-0.2, -0.15) is 0 Å². The van der Waals surface area contributed by atoms with Gasteiger partial charge in [-0.15, -0.1) is 0 Å². The number of hydrogen-bond donors (Lipinski definition) is 1. The number of nitrogens with zero attached hydrogens (tertiary/aromatic N) is 1. The van der Waals surface area contributed by atoms with E-state index in [0.717, 1.165) is 25.9 Å². The summed E-state index contributed by atoms with van der Waals surface area (Å²) < 4.78 is 10.4. The first-order valence-corrected chi connectivity index (χ1v) is 7.61. The number of carbonyl (C=O) groups is 1. The molecule has 0 radical (unpaired) electrons.